The highest BCUT2D eigenvalue weighted by atomic mass is 32.2. The molecule has 8 nitrogen and oxygen atoms in total. The molecule has 9 heteroatoms. The Morgan fingerprint density at radius 1 is 1.14 bits per heavy atom. The molecule has 0 fully saturated rings. The molecule has 0 aromatic heterocycles. The number of methoxy groups -OCH3 is 1. The molecule has 0 aliphatic carbocycles. The van der Waals surface area contributed by atoms with Crippen molar-refractivity contribution in [1.82, 2.24) is 4.72 Å². The summed E-state index contributed by atoms with van der Waals surface area (Å²) in [6.07, 6.45) is 1.42. The number of sulfonamides is 1. The molecule has 0 radical (unpaired) electrons. The van der Waals surface area contributed by atoms with Crippen LogP contribution in [0, 0.1) is 0 Å². The Labute approximate surface area is 163 Å². The fourth-order valence-electron chi connectivity index (χ4n) is 2.12. The molecule has 0 unspecified atom stereocenters. The number of ether oxygens (including phenoxy) is 2. The van der Waals surface area contributed by atoms with E-state index in [0.29, 0.717) is 11.4 Å². The Morgan fingerprint density at radius 3 is 2.61 bits per heavy atom. The molecule has 28 heavy (non-hydrogen) atoms. The molecular formula is C19H20N2O6S. The number of hydrogen-bond acceptors (Lipinski definition) is 6. The molecular weight excluding hydrogens is 384 g/mol. The molecule has 148 valence electrons. The van der Waals surface area contributed by atoms with E-state index in [-0.39, 0.29) is 23.6 Å². The van der Waals surface area contributed by atoms with E-state index < -0.39 is 21.9 Å². The molecule has 0 bridgehead atoms. The second-order valence-corrected chi connectivity index (χ2v) is 7.28. The minimum Gasteiger partial charge on any atom is -0.482 e. The van der Waals surface area contributed by atoms with Crippen molar-refractivity contribution < 1.29 is 27.5 Å². The second kappa shape index (κ2) is 9.67. The number of carbonyl (C=O) groups excluding carboxylic acids is 2. The maximum absolute atomic E-state index is 12.5. The van der Waals surface area contributed by atoms with Crippen LogP contribution in [0.25, 0.3) is 0 Å². The number of carbonyl (C=O) groups is 2. The van der Waals surface area contributed by atoms with Gasteiger partial charge in [-0.1, -0.05) is 18.2 Å². The highest BCUT2D eigenvalue weighted by Crippen LogP contribution is 2.19. The summed E-state index contributed by atoms with van der Waals surface area (Å²) in [4.78, 5) is 23.6. The number of nitrogens with one attached hydrogen (secondary N) is 2. The first-order chi connectivity index (χ1) is 13.4. The standard InChI is InChI=1S/C19H20N2O6S/c1-3-10-20-28(24,25)17-9-4-6-14(11-17)19(23)21-15-7-5-8-16(12-15)27-13-18(22)26-2/h3-9,11-12,20H,1,10,13H2,2H3,(H,21,23). The van der Waals surface area contributed by atoms with Crippen LogP contribution in [0.5, 0.6) is 5.75 Å². The van der Waals surface area contributed by atoms with E-state index in [9.17, 15) is 18.0 Å². The van der Waals surface area contributed by atoms with Gasteiger partial charge in [0, 0.05) is 23.9 Å². The molecule has 0 aliphatic heterocycles. The molecule has 0 heterocycles. The SMILES string of the molecule is C=CCNS(=O)(=O)c1cccc(C(=O)Nc2cccc(OCC(=O)OC)c2)c1. The molecule has 2 N–H and O–H groups in total. The Kier molecular flexibility index (Phi) is 7.30. The van der Waals surface area contributed by atoms with Crippen molar-refractivity contribution in [3.8, 4) is 5.75 Å². The zero-order valence-electron chi connectivity index (χ0n) is 15.2. The average molecular weight is 404 g/mol. The third-order valence-corrected chi connectivity index (χ3v) is 4.92. The number of amides is 1. The molecule has 1 amide bonds. The van der Waals surface area contributed by atoms with Crippen molar-refractivity contribution in [3.63, 3.8) is 0 Å². The lowest BCUT2D eigenvalue weighted by Crippen LogP contribution is -2.24. The molecule has 2 aromatic rings. The Bertz CT molecular complexity index is 972. The summed E-state index contributed by atoms with van der Waals surface area (Å²) in [5.41, 5.74) is 0.591. The number of anilines is 1. The van der Waals surface area contributed by atoms with Gasteiger partial charge in [0.1, 0.15) is 5.75 Å². The fourth-order valence-corrected chi connectivity index (χ4v) is 3.17. The van der Waals surface area contributed by atoms with Gasteiger partial charge in [-0.3, -0.25) is 4.79 Å². The molecule has 2 aromatic carbocycles. The van der Waals surface area contributed by atoms with Gasteiger partial charge in [0.05, 0.1) is 12.0 Å². The summed E-state index contributed by atoms with van der Waals surface area (Å²) >= 11 is 0. The summed E-state index contributed by atoms with van der Waals surface area (Å²) < 4.78 is 36.5. The van der Waals surface area contributed by atoms with E-state index in [1.54, 1.807) is 18.2 Å². The summed E-state index contributed by atoms with van der Waals surface area (Å²) in [5.74, 6) is -0.656. The largest absolute Gasteiger partial charge is 0.482 e. The minimum absolute atomic E-state index is 0.0304. The van der Waals surface area contributed by atoms with Crippen molar-refractivity contribution in [2.45, 2.75) is 4.90 Å². The van der Waals surface area contributed by atoms with Crippen LogP contribution in [0.4, 0.5) is 5.69 Å². The first kappa shape index (κ1) is 21.1. The monoisotopic (exact) mass is 404 g/mol. The predicted molar refractivity (Wildman–Crippen MR) is 104 cm³/mol. The average Bonchev–Trinajstić information content (AvgIpc) is 2.71. The van der Waals surface area contributed by atoms with E-state index in [1.165, 1.54) is 43.5 Å². The van der Waals surface area contributed by atoms with Gasteiger partial charge < -0.3 is 14.8 Å². The van der Waals surface area contributed by atoms with Crippen LogP contribution < -0.4 is 14.8 Å². The Morgan fingerprint density at radius 2 is 1.89 bits per heavy atom. The van der Waals surface area contributed by atoms with Crippen LogP contribution in [0.1, 0.15) is 10.4 Å². The van der Waals surface area contributed by atoms with Crippen LogP contribution in [0.15, 0.2) is 66.1 Å². The lowest BCUT2D eigenvalue weighted by atomic mass is 10.2. The highest BCUT2D eigenvalue weighted by molar-refractivity contribution is 7.89. The summed E-state index contributed by atoms with van der Waals surface area (Å²) in [7, 11) is -2.49. The van der Waals surface area contributed by atoms with E-state index >= 15 is 0 Å². The van der Waals surface area contributed by atoms with E-state index in [4.69, 9.17) is 4.74 Å². The Balaban J connectivity index is 2.12. The maximum atomic E-state index is 12.5. The summed E-state index contributed by atoms with van der Waals surface area (Å²) in [6, 6.07) is 12.1. The number of rotatable bonds is 9. The molecule has 0 spiro atoms. The molecule has 0 saturated heterocycles. The predicted octanol–water partition coefficient (Wildman–Crippen LogP) is 1.96. The first-order valence-corrected chi connectivity index (χ1v) is 9.65. The second-order valence-electron chi connectivity index (χ2n) is 5.52. The van der Waals surface area contributed by atoms with Gasteiger partial charge in [0.25, 0.3) is 5.91 Å². The lowest BCUT2D eigenvalue weighted by molar-refractivity contribution is -0.142. The van der Waals surface area contributed by atoms with Gasteiger partial charge in [0.2, 0.25) is 10.0 Å². The van der Waals surface area contributed by atoms with Crippen molar-refractivity contribution >= 4 is 27.6 Å². The maximum Gasteiger partial charge on any atom is 0.343 e. The quantitative estimate of drug-likeness (QED) is 0.488. The van der Waals surface area contributed by atoms with Gasteiger partial charge in [-0.25, -0.2) is 17.9 Å². The van der Waals surface area contributed by atoms with E-state index in [0.717, 1.165) is 0 Å². The number of hydrogen-bond donors (Lipinski definition) is 2. The number of esters is 1. The fraction of sp³-hybridized carbons (Fsp3) is 0.158. The molecule has 0 saturated carbocycles. The van der Waals surface area contributed by atoms with Gasteiger partial charge in [-0.05, 0) is 30.3 Å². The van der Waals surface area contributed by atoms with Crippen molar-refractivity contribution in [1.29, 1.82) is 0 Å². The zero-order chi connectivity index (χ0) is 20.6. The summed E-state index contributed by atoms with van der Waals surface area (Å²) in [5, 5.41) is 2.66. The van der Waals surface area contributed by atoms with Crippen LogP contribution in [-0.4, -0.2) is 40.6 Å². The molecule has 0 atom stereocenters. The Hall–Kier alpha value is -3.17. The topological polar surface area (TPSA) is 111 Å². The van der Waals surface area contributed by atoms with Gasteiger partial charge in [-0.2, -0.15) is 0 Å². The third-order valence-electron chi connectivity index (χ3n) is 3.50. The van der Waals surface area contributed by atoms with Gasteiger partial charge >= 0.3 is 5.97 Å². The third kappa shape index (κ3) is 5.93. The minimum atomic E-state index is -3.74. The molecule has 2 rings (SSSR count). The highest BCUT2D eigenvalue weighted by Gasteiger charge is 2.15. The van der Waals surface area contributed by atoms with Crippen molar-refractivity contribution in [2.24, 2.45) is 0 Å². The van der Waals surface area contributed by atoms with E-state index in [2.05, 4.69) is 21.4 Å². The van der Waals surface area contributed by atoms with Gasteiger partial charge in [-0.15, -0.1) is 6.58 Å². The van der Waals surface area contributed by atoms with Crippen molar-refractivity contribution in [2.75, 3.05) is 25.6 Å². The van der Waals surface area contributed by atoms with Gasteiger partial charge in [0.15, 0.2) is 6.61 Å². The zero-order valence-corrected chi connectivity index (χ0v) is 16.0. The summed E-state index contributed by atoms with van der Waals surface area (Å²) in [6.45, 7) is 3.28. The molecule has 0 aliphatic rings. The smallest absolute Gasteiger partial charge is 0.343 e. The lowest BCUT2D eigenvalue weighted by Gasteiger charge is -2.10. The van der Waals surface area contributed by atoms with E-state index in [1.807, 2.05) is 0 Å². The van der Waals surface area contributed by atoms with Crippen LogP contribution in [0.2, 0.25) is 0 Å². The van der Waals surface area contributed by atoms with Crippen LogP contribution >= 0.6 is 0 Å². The first-order valence-electron chi connectivity index (χ1n) is 8.17. The number of benzene rings is 2. The van der Waals surface area contributed by atoms with Crippen LogP contribution in [-0.2, 0) is 19.6 Å². The normalized spacial score (nSPS) is 10.8. The van der Waals surface area contributed by atoms with Crippen molar-refractivity contribution in [3.05, 3.63) is 66.7 Å². The van der Waals surface area contributed by atoms with Crippen LogP contribution in [0.3, 0.4) is 0 Å².